The summed E-state index contributed by atoms with van der Waals surface area (Å²) in [6.07, 6.45) is 2.45. The summed E-state index contributed by atoms with van der Waals surface area (Å²) >= 11 is 3.21. The van der Waals surface area contributed by atoms with Gasteiger partial charge < -0.3 is 0 Å². The number of nitrogens with one attached hydrogen (secondary N) is 1. The highest BCUT2D eigenvalue weighted by atomic mass is 79.9. The van der Waals surface area contributed by atoms with E-state index in [0.717, 1.165) is 10.7 Å². The predicted octanol–water partition coefficient (Wildman–Crippen LogP) is 0.939. The maximum absolute atomic E-state index is 11.7. The summed E-state index contributed by atoms with van der Waals surface area (Å²) in [5, 5.41) is 0. The minimum Gasteiger partial charge on any atom is -0.267 e. The maximum atomic E-state index is 11.7. The second-order valence-corrected chi connectivity index (χ2v) is 8.89. The summed E-state index contributed by atoms with van der Waals surface area (Å²) in [4.78, 5) is 3.92. The molecule has 1 aromatic rings. The zero-order valence-electron chi connectivity index (χ0n) is 9.84. The van der Waals surface area contributed by atoms with Crippen LogP contribution in [0.4, 0.5) is 5.82 Å². The third-order valence-electron chi connectivity index (χ3n) is 2.02. The summed E-state index contributed by atoms with van der Waals surface area (Å²) in [6, 6.07) is 1.71. The summed E-state index contributed by atoms with van der Waals surface area (Å²) in [7, 11) is -7.02. The molecule has 0 spiro atoms. The molecule has 0 fully saturated rings. The van der Waals surface area contributed by atoms with Crippen molar-refractivity contribution in [2.45, 2.75) is 6.92 Å². The highest BCUT2D eigenvalue weighted by Crippen LogP contribution is 2.17. The lowest BCUT2D eigenvalue weighted by Crippen LogP contribution is -2.23. The van der Waals surface area contributed by atoms with Crippen molar-refractivity contribution in [2.24, 2.45) is 0 Å². The number of hydrogen-bond donors (Lipinski definition) is 1. The summed E-state index contributed by atoms with van der Waals surface area (Å²) in [6.45, 7) is 1.70. The first-order valence-electron chi connectivity index (χ1n) is 4.89. The molecule has 0 aliphatic rings. The average Bonchev–Trinajstić information content (AvgIpc) is 2.19. The van der Waals surface area contributed by atoms with Crippen molar-refractivity contribution < 1.29 is 16.8 Å². The Balaban J connectivity index is 2.83. The largest absolute Gasteiger partial charge is 0.267 e. The van der Waals surface area contributed by atoms with Crippen LogP contribution in [0.3, 0.4) is 0 Å². The number of halogens is 1. The monoisotopic (exact) mass is 356 g/mol. The first kappa shape index (κ1) is 15.4. The fourth-order valence-corrected chi connectivity index (χ4v) is 4.25. The zero-order valence-corrected chi connectivity index (χ0v) is 13.1. The third-order valence-corrected chi connectivity index (χ3v) is 4.90. The van der Waals surface area contributed by atoms with E-state index < -0.39 is 31.4 Å². The van der Waals surface area contributed by atoms with Crippen LogP contribution in [0.25, 0.3) is 0 Å². The van der Waals surface area contributed by atoms with Crippen LogP contribution < -0.4 is 4.72 Å². The lowest BCUT2D eigenvalue weighted by atomic mass is 10.3. The Kier molecular flexibility index (Phi) is 4.73. The van der Waals surface area contributed by atoms with Gasteiger partial charge in [0.1, 0.15) is 15.7 Å². The van der Waals surface area contributed by atoms with E-state index in [1.165, 1.54) is 6.20 Å². The van der Waals surface area contributed by atoms with E-state index in [1.54, 1.807) is 13.0 Å². The Bertz CT molecular complexity index is 641. The van der Waals surface area contributed by atoms with Gasteiger partial charge >= 0.3 is 0 Å². The molecule has 0 aliphatic heterocycles. The standard InChI is InChI=1S/C9H13BrN2O4S2/c1-7-5-8(10)6-11-9(7)12-18(15,16)4-3-17(2,13)14/h5-6H,3-4H2,1-2H3,(H,11,12). The minimum absolute atomic E-state index is 0.201. The van der Waals surface area contributed by atoms with E-state index in [1.807, 2.05) is 0 Å². The van der Waals surface area contributed by atoms with Crippen molar-refractivity contribution >= 4 is 41.6 Å². The Hall–Kier alpha value is -0.670. The molecule has 18 heavy (non-hydrogen) atoms. The molecule has 1 aromatic heterocycles. The van der Waals surface area contributed by atoms with Gasteiger partial charge in [0.25, 0.3) is 0 Å². The van der Waals surface area contributed by atoms with Crippen molar-refractivity contribution in [2.75, 3.05) is 22.5 Å². The number of sulfone groups is 1. The smallest absolute Gasteiger partial charge is 0.234 e. The number of aryl methyl sites for hydroxylation is 1. The van der Waals surface area contributed by atoms with Gasteiger partial charge in [0.05, 0.1) is 11.5 Å². The fraction of sp³-hybridized carbons (Fsp3) is 0.444. The van der Waals surface area contributed by atoms with Crippen molar-refractivity contribution in [1.29, 1.82) is 0 Å². The van der Waals surface area contributed by atoms with Gasteiger partial charge in [-0.25, -0.2) is 21.8 Å². The molecule has 0 atom stereocenters. The van der Waals surface area contributed by atoms with Crippen LogP contribution in [0.1, 0.15) is 5.56 Å². The van der Waals surface area contributed by atoms with Crippen molar-refractivity contribution in [3.8, 4) is 0 Å². The van der Waals surface area contributed by atoms with Gasteiger partial charge in [0.15, 0.2) is 0 Å². The molecular weight excluding hydrogens is 344 g/mol. The van der Waals surface area contributed by atoms with E-state index in [9.17, 15) is 16.8 Å². The van der Waals surface area contributed by atoms with Gasteiger partial charge in [-0.3, -0.25) is 4.72 Å². The summed E-state index contributed by atoms with van der Waals surface area (Å²) in [5.41, 5.74) is 0.646. The van der Waals surface area contributed by atoms with Crippen LogP contribution in [0.5, 0.6) is 0 Å². The molecule has 0 radical (unpaired) electrons. The second kappa shape index (κ2) is 5.54. The van der Waals surface area contributed by atoms with Crippen LogP contribution in [-0.4, -0.2) is 39.6 Å². The van der Waals surface area contributed by atoms with Crippen LogP contribution in [-0.2, 0) is 19.9 Å². The first-order chi connectivity index (χ1) is 8.09. The van der Waals surface area contributed by atoms with E-state index >= 15 is 0 Å². The molecule has 102 valence electrons. The number of rotatable bonds is 5. The molecule has 0 saturated carbocycles. The van der Waals surface area contributed by atoms with E-state index in [-0.39, 0.29) is 5.82 Å². The summed E-state index contributed by atoms with van der Waals surface area (Å²) < 4.78 is 48.2. The van der Waals surface area contributed by atoms with E-state index in [0.29, 0.717) is 5.56 Å². The van der Waals surface area contributed by atoms with Gasteiger partial charge in [-0.1, -0.05) is 0 Å². The van der Waals surface area contributed by atoms with Gasteiger partial charge in [-0.15, -0.1) is 0 Å². The van der Waals surface area contributed by atoms with Crippen LogP contribution >= 0.6 is 15.9 Å². The highest BCUT2D eigenvalue weighted by Gasteiger charge is 2.16. The van der Waals surface area contributed by atoms with Gasteiger partial charge in [0, 0.05) is 16.9 Å². The molecule has 0 unspecified atom stereocenters. The Morgan fingerprint density at radius 2 is 1.89 bits per heavy atom. The van der Waals surface area contributed by atoms with Crippen molar-refractivity contribution in [3.05, 3.63) is 22.3 Å². The molecule has 0 bridgehead atoms. The first-order valence-corrected chi connectivity index (χ1v) is 9.40. The molecule has 0 saturated heterocycles. The zero-order chi connectivity index (χ0) is 14.0. The van der Waals surface area contributed by atoms with E-state index in [4.69, 9.17) is 0 Å². The topological polar surface area (TPSA) is 93.2 Å². The average molecular weight is 357 g/mol. The molecule has 0 amide bonds. The van der Waals surface area contributed by atoms with Crippen LogP contribution in [0.2, 0.25) is 0 Å². The normalized spacial score (nSPS) is 12.4. The number of aromatic nitrogens is 1. The molecule has 6 nitrogen and oxygen atoms in total. The SMILES string of the molecule is Cc1cc(Br)cnc1NS(=O)(=O)CCS(C)(=O)=O. The number of anilines is 1. The quantitative estimate of drug-likeness (QED) is 0.847. The lowest BCUT2D eigenvalue weighted by Gasteiger charge is -2.09. The summed E-state index contributed by atoms with van der Waals surface area (Å²) in [5.74, 6) is -0.701. The predicted molar refractivity (Wildman–Crippen MR) is 73.8 cm³/mol. The Labute approximate surface area is 115 Å². The van der Waals surface area contributed by atoms with E-state index in [2.05, 4.69) is 25.6 Å². The van der Waals surface area contributed by atoms with Crippen LogP contribution in [0, 0.1) is 6.92 Å². The molecule has 9 heteroatoms. The van der Waals surface area contributed by atoms with Gasteiger partial charge in [-0.05, 0) is 34.5 Å². The Morgan fingerprint density at radius 1 is 1.28 bits per heavy atom. The lowest BCUT2D eigenvalue weighted by molar-refractivity contribution is 0.593. The Morgan fingerprint density at radius 3 is 2.39 bits per heavy atom. The minimum atomic E-state index is -3.71. The van der Waals surface area contributed by atoms with Crippen molar-refractivity contribution in [1.82, 2.24) is 4.98 Å². The third kappa shape index (κ3) is 5.32. The molecular formula is C9H13BrN2O4S2. The maximum Gasteiger partial charge on any atom is 0.234 e. The molecule has 0 aliphatic carbocycles. The van der Waals surface area contributed by atoms with Gasteiger partial charge in [-0.2, -0.15) is 0 Å². The molecule has 1 heterocycles. The van der Waals surface area contributed by atoms with Crippen LogP contribution in [0.15, 0.2) is 16.7 Å². The number of nitrogens with zero attached hydrogens (tertiary/aromatic N) is 1. The molecule has 1 N–H and O–H groups in total. The number of sulfonamides is 1. The molecule has 0 aromatic carbocycles. The van der Waals surface area contributed by atoms with Crippen molar-refractivity contribution in [3.63, 3.8) is 0 Å². The highest BCUT2D eigenvalue weighted by molar-refractivity contribution is 9.10. The number of hydrogen-bond acceptors (Lipinski definition) is 5. The second-order valence-electron chi connectivity index (χ2n) is 3.87. The molecule has 1 rings (SSSR count). The van der Waals surface area contributed by atoms with Gasteiger partial charge in [0.2, 0.25) is 10.0 Å². The fourth-order valence-electron chi connectivity index (χ4n) is 1.11. The number of pyridine rings is 1.